The van der Waals surface area contributed by atoms with Crippen LogP contribution in [0.25, 0.3) is 10.9 Å². The molecule has 0 aliphatic heterocycles. The lowest BCUT2D eigenvalue weighted by atomic mass is 10.1. The predicted molar refractivity (Wildman–Crippen MR) is 108 cm³/mol. The Kier molecular flexibility index (Phi) is 5.76. The standard InChI is InChI=1S/C21H20N2O3S/c1-13-5-4-6-17-14(2)11-19(23-20(13)17)27-12-18(24)22-16-9-7-15(8-10-16)21(25)26-3/h4-11H,12H2,1-3H3,(H,22,24). The van der Waals surface area contributed by atoms with Crippen molar-refractivity contribution in [1.29, 1.82) is 0 Å². The molecule has 0 bridgehead atoms. The lowest BCUT2D eigenvalue weighted by molar-refractivity contribution is -0.113. The lowest BCUT2D eigenvalue weighted by Gasteiger charge is -2.09. The van der Waals surface area contributed by atoms with E-state index in [4.69, 9.17) is 0 Å². The molecule has 2 aromatic carbocycles. The summed E-state index contributed by atoms with van der Waals surface area (Å²) >= 11 is 1.40. The molecule has 1 heterocycles. The number of nitrogens with zero attached hydrogens (tertiary/aromatic N) is 1. The zero-order valence-electron chi connectivity index (χ0n) is 15.4. The summed E-state index contributed by atoms with van der Waals surface area (Å²) < 4.78 is 4.66. The van der Waals surface area contributed by atoms with Crippen LogP contribution in [0, 0.1) is 13.8 Å². The summed E-state index contributed by atoms with van der Waals surface area (Å²) in [4.78, 5) is 28.3. The highest BCUT2D eigenvalue weighted by Gasteiger charge is 2.09. The molecule has 0 spiro atoms. The zero-order chi connectivity index (χ0) is 19.4. The Morgan fingerprint density at radius 3 is 2.52 bits per heavy atom. The maximum absolute atomic E-state index is 12.2. The number of pyridine rings is 1. The number of carbonyl (C=O) groups excluding carboxylic acids is 2. The molecule has 138 valence electrons. The van der Waals surface area contributed by atoms with Crippen LogP contribution >= 0.6 is 11.8 Å². The smallest absolute Gasteiger partial charge is 0.337 e. The number of aromatic nitrogens is 1. The molecule has 0 unspecified atom stereocenters. The number of esters is 1. The molecule has 1 amide bonds. The number of benzene rings is 2. The Labute approximate surface area is 162 Å². The summed E-state index contributed by atoms with van der Waals surface area (Å²) in [7, 11) is 1.33. The van der Waals surface area contributed by atoms with Crippen molar-refractivity contribution in [3.8, 4) is 0 Å². The van der Waals surface area contributed by atoms with Crippen molar-refractivity contribution in [2.45, 2.75) is 18.9 Å². The van der Waals surface area contributed by atoms with Crippen molar-refractivity contribution >= 4 is 40.2 Å². The fourth-order valence-corrected chi connectivity index (χ4v) is 3.52. The molecule has 0 aliphatic rings. The number of ether oxygens (including phenoxy) is 1. The zero-order valence-corrected chi connectivity index (χ0v) is 16.2. The number of hydrogen-bond donors (Lipinski definition) is 1. The minimum absolute atomic E-state index is 0.129. The van der Waals surface area contributed by atoms with Gasteiger partial charge in [0, 0.05) is 11.1 Å². The summed E-state index contributed by atoms with van der Waals surface area (Å²) in [5.74, 6) is -0.283. The van der Waals surface area contributed by atoms with Crippen molar-refractivity contribution in [3.05, 3.63) is 65.2 Å². The summed E-state index contributed by atoms with van der Waals surface area (Å²) in [5.41, 5.74) is 4.31. The molecule has 0 saturated heterocycles. The van der Waals surface area contributed by atoms with Crippen LogP contribution in [0.5, 0.6) is 0 Å². The van der Waals surface area contributed by atoms with E-state index in [9.17, 15) is 9.59 Å². The van der Waals surface area contributed by atoms with Crippen molar-refractivity contribution in [2.24, 2.45) is 0 Å². The van der Waals surface area contributed by atoms with Gasteiger partial charge in [0.25, 0.3) is 0 Å². The van der Waals surface area contributed by atoms with Gasteiger partial charge < -0.3 is 10.1 Å². The lowest BCUT2D eigenvalue weighted by Crippen LogP contribution is -2.14. The average Bonchev–Trinajstić information content (AvgIpc) is 2.67. The van der Waals surface area contributed by atoms with Gasteiger partial charge in [-0.3, -0.25) is 4.79 Å². The third-order valence-electron chi connectivity index (χ3n) is 4.17. The first-order chi connectivity index (χ1) is 13.0. The molecule has 6 heteroatoms. The Morgan fingerprint density at radius 2 is 1.81 bits per heavy atom. The fraction of sp³-hybridized carbons (Fsp3) is 0.190. The summed E-state index contributed by atoms with van der Waals surface area (Å²) in [6.45, 7) is 4.09. The monoisotopic (exact) mass is 380 g/mol. The quantitative estimate of drug-likeness (QED) is 0.526. The molecule has 0 aliphatic carbocycles. The minimum Gasteiger partial charge on any atom is -0.465 e. The molecule has 1 N–H and O–H groups in total. The summed E-state index contributed by atoms with van der Waals surface area (Å²) in [6.07, 6.45) is 0. The number of para-hydroxylation sites is 1. The Hall–Kier alpha value is -2.86. The Bertz CT molecular complexity index is 1000. The number of methoxy groups -OCH3 is 1. The highest BCUT2D eigenvalue weighted by atomic mass is 32.2. The van der Waals surface area contributed by atoms with Crippen LogP contribution in [0.1, 0.15) is 21.5 Å². The number of rotatable bonds is 5. The van der Waals surface area contributed by atoms with Crippen LogP contribution in [-0.2, 0) is 9.53 Å². The van der Waals surface area contributed by atoms with Crippen molar-refractivity contribution in [2.75, 3.05) is 18.2 Å². The number of thioether (sulfide) groups is 1. The topological polar surface area (TPSA) is 68.3 Å². The first kappa shape index (κ1) is 18.9. The second-order valence-corrected chi connectivity index (χ2v) is 7.15. The number of carbonyl (C=O) groups is 2. The van der Waals surface area contributed by atoms with E-state index >= 15 is 0 Å². The first-order valence-electron chi connectivity index (χ1n) is 8.46. The molecule has 0 radical (unpaired) electrons. The van der Waals surface area contributed by atoms with Gasteiger partial charge in [0.05, 0.1) is 29.0 Å². The van der Waals surface area contributed by atoms with Gasteiger partial charge in [-0.05, 0) is 55.3 Å². The van der Waals surface area contributed by atoms with Crippen LogP contribution in [0.2, 0.25) is 0 Å². The van der Waals surface area contributed by atoms with E-state index in [0.29, 0.717) is 11.3 Å². The van der Waals surface area contributed by atoms with Crippen LogP contribution in [0.15, 0.2) is 53.6 Å². The maximum Gasteiger partial charge on any atom is 0.337 e. The predicted octanol–water partition coefficient (Wildman–Crippen LogP) is 4.37. The molecule has 5 nitrogen and oxygen atoms in total. The number of fused-ring (bicyclic) bond motifs is 1. The van der Waals surface area contributed by atoms with E-state index < -0.39 is 5.97 Å². The largest absolute Gasteiger partial charge is 0.465 e. The van der Waals surface area contributed by atoms with Gasteiger partial charge in [-0.25, -0.2) is 9.78 Å². The normalized spacial score (nSPS) is 10.6. The Balaban J connectivity index is 1.65. The molecule has 3 rings (SSSR count). The van der Waals surface area contributed by atoms with E-state index in [1.165, 1.54) is 18.9 Å². The highest BCUT2D eigenvalue weighted by molar-refractivity contribution is 7.99. The fourth-order valence-electron chi connectivity index (χ4n) is 2.75. The number of anilines is 1. The van der Waals surface area contributed by atoms with Crippen molar-refractivity contribution in [3.63, 3.8) is 0 Å². The average molecular weight is 380 g/mol. The van der Waals surface area contributed by atoms with Gasteiger partial charge in [0.1, 0.15) is 0 Å². The molecule has 1 aromatic heterocycles. The van der Waals surface area contributed by atoms with Crippen LogP contribution in [-0.4, -0.2) is 29.7 Å². The molecule has 0 saturated carbocycles. The van der Waals surface area contributed by atoms with Gasteiger partial charge in [-0.1, -0.05) is 30.0 Å². The van der Waals surface area contributed by atoms with Crippen LogP contribution in [0.4, 0.5) is 5.69 Å². The van der Waals surface area contributed by atoms with Crippen LogP contribution in [0.3, 0.4) is 0 Å². The third-order valence-corrected chi connectivity index (χ3v) is 5.08. The second kappa shape index (κ2) is 8.22. The van der Waals surface area contributed by atoms with Gasteiger partial charge in [0.15, 0.2) is 0 Å². The molecule has 0 fully saturated rings. The van der Waals surface area contributed by atoms with Gasteiger partial charge in [-0.2, -0.15) is 0 Å². The van der Waals surface area contributed by atoms with Gasteiger partial charge in [-0.15, -0.1) is 0 Å². The number of amides is 1. The highest BCUT2D eigenvalue weighted by Crippen LogP contribution is 2.25. The molecular formula is C21H20N2O3S. The van der Waals surface area contributed by atoms with E-state index in [1.54, 1.807) is 24.3 Å². The third kappa shape index (κ3) is 4.46. The minimum atomic E-state index is -0.406. The number of aryl methyl sites for hydroxylation is 2. The molecule has 3 aromatic rings. The van der Waals surface area contributed by atoms with Gasteiger partial charge >= 0.3 is 5.97 Å². The number of hydrogen-bond acceptors (Lipinski definition) is 5. The van der Waals surface area contributed by atoms with Crippen molar-refractivity contribution in [1.82, 2.24) is 4.98 Å². The van der Waals surface area contributed by atoms with E-state index in [2.05, 4.69) is 28.0 Å². The summed E-state index contributed by atoms with van der Waals surface area (Å²) in [5, 5.41) is 4.78. The van der Waals surface area contributed by atoms with E-state index in [-0.39, 0.29) is 11.7 Å². The molecule has 27 heavy (non-hydrogen) atoms. The second-order valence-electron chi connectivity index (χ2n) is 6.15. The summed E-state index contributed by atoms with van der Waals surface area (Å²) in [6, 6.07) is 14.7. The number of nitrogens with one attached hydrogen (secondary N) is 1. The van der Waals surface area contributed by atoms with E-state index in [0.717, 1.165) is 27.1 Å². The van der Waals surface area contributed by atoms with Gasteiger partial charge in [0.2, 0.25) is 5.91 Å². The Morgan fingerprint density at radius 1 is 1.07 bits per heavy atom. The molecular weight excluding hydrogens is 360 g/mol. The van der Waals surface area contributed by atoms with E-state index in [1.807, 2.05) is 25.1 Å². The van der Waals surface area contributed by atoms with Crippen molar-refractivity contribution < 1.29 is 14.3 Å². The SMILES string of the molecule is COC(=O)c1ccc(NC(=O)CSc2cc(C)c3cccc(C)c3n2)cc1. The molecule has 0 atom stereocenters. The van der Waals surface area contributed by atoms with Crippen LogP contribution < -0.4 is 5.32 Å². The first-order valence-corrected chi connectivity index (χ1v) is 9.44. The maximum atomic E-state index is 12.2.